The lowest BCUT2D eigenvalue weighted by Gasteiger charge is -2.37. The van der Waals surface area contributed by atoms with Crippen molar-refractivity contribution in [1.82, 2.24) is 0 Å². The van der Waals surface area contributed by atoms with E-state index in [9.17, 15) is 19.7 Å². The Hall–Kier alpha value is -2.96. The fraction of sp³-hybridized carbons (Fsp3) is 0.294. The summed E-state index contributed by atoms with van der Waals surface area (Å²) in [7, 11) is 1.21. The molecule has 0 fully saturated rings. The van der Waals surface area contributed by atoms with Crippen LogP contribution in [0.15, 0.2) is 47.1 Å². The monoisotopic (exact) mass is 329 g/mol. The topological polar surface area (TPSA) is 99.7 Å². The van der Waals surface area contributed by atoms with Crippen LogP contribution in [-0.2, 0) is 9.53 Å². The van der Waals surface area contributed by atoms with Crippen LogP contribution in [0.3, 0.4) is 0 Å². The smallest absolute Gasteiger partial charge is 0.314 e. The lowest BCUT2D eigenvalue weighted by atomic mass is 9.63. The highest BCUT2D eigenvalue weighted by Crippen LogP contribution is 2.49. The molecule has 7 nitrogen and oxygen atoms in total. The van der Waals surface area contributed by atoms with E-state index in [-0.39, 0.29) is 11.3 Å². The molecule has 24 heavy (non-hydrogen) atoms. The molecule has 1 heterocycles. The van der Waals surface area contributed by atoms with E-state index in [1.54, 1.807) is 24.3 Å². The molecule has 0 spiro atoms. The van der Waals surface area contributed by atoms with Crippen molar-refractivity contribution in [3.05, 3.63) is 69.7 Å². The van der Waals surface area contributed by atoms with Gasteiger partial charge in [0, 0.05) is 17.4 Å². The maximum absolute atomic E-state index is 12.9. The van der Waals surface area contributed by atoms with E-state index in [0.717, 1.165) is 0 Å². The summed E-state index contributed by atoms with van der Waals surface area (Å²) >= 11 is 0. The van der Waals surface area contributed by atoms with E-state index in [1.807, 2.05) is 0 Å². The van der Waals surface area contributed by atoms with Gasteiger partial charge in [0.25, 0.3) is 5.54 Å². The maximum Gasteiger partial charge on any atom is 0.314 e. The van der Waals surface area contributed by atoms with E-state index < -0.39 is 34.1 Å². The van der Waals surface area contributed by atoms with E-state index in [4.69, 9.17) is 9.15 Å². The molecule has 124 valence electrons. The third-order valence-corrected chi connectivity index (χ3v) is 4.62. The number of esters is 1. The van der Waals surface area contributed by atoms with Gasteiger partial charge in [-0.1, -0.05) is 24.3 Å². The van der Waals surface area contributed by atoms with Gasteiger partial charge < -0.3 is 9.15 Å². The van der Waals surface area contributed by atoms with Gasteiger partial charge in [0.15, 0.2) is 0 Å². The highest BCUT2D eigenvalue weighted by Gasteiger charge is 2.63. The van der Waals surface area contributed by atoms with Crippen molar-refractivity contribution in [2.75, 3.05) is 7.11 Å². The van der Waals surface area contributed by atoms with Crippen molar-refractivity contribution in [3.8, 4) is 0 Å². The van der Waals surface area contributed by atoms with Gasteiger partial charge in [-0.3, -0.25) is 19.7 Å². The summed E-state index contributed by atoms with van der Waals surface area (Å²) in [4.78, 5) is 36.6. The maximum atomic E-state index is 12.9. The third-order valence-electron chi connectivity index (χ3n) is 4.62. The normalized spacial score (nSPS) is 25.8. The van der Waals surface area contributed by atoms with Crippen LogP contribution in [0.2, 0.25) is 0 Å². The third kappa shape index (κ3) is 2.05. The van der Waals surface area contributed by atoms with Crippen molar-refractivity contribution in [3.63, 3.8) is 0 Å². The van der Waals surface area contributed by atoms with Gasteiger partial charge in [-0.25, -0.2) is 0 Å². The standard InChI is InChI=1S/C17H15NO6/c1-17(18(21)22)14(12-8-5-9-24-12)13(16(20)23-2)10-6-3-4-7-11(10)15(17)19/h3-9,13-14H,1-2H3/t13-,14+,17-/m0/s1. The molecule has 0 bridgehead atoms. The number of methoxy groups -OCH3 is 1. The minimum absolute atomic E-state index is 0.162. The van der Waals surface area contributed by atoms with Crippen molar-refractivity contribution in [2.24, 2.45) is 0 Å². The Bertz CT molecular complexity index is 812. The minimum Gasteiger partial charge on any atom is -0.469 e. The zero-order chi connectivity index (χ0) is 17.5. The largest absolute Gasteiger partial charge is 0.469 e. The fourth-order valence-corrected chi connectivity index (χ4v) is 3.39. The molecule has 0 radical (unpaired) electrons. The lowest BCUT2D eigenvalue weighted by Crippen LogP contribution is -2.55. The molecule has 7 heteroatoms. The van der Waals surface area contributed by atoms with Crippen LogP contribution in [0.1, 0.15) is 40.4 Å². The van der Waals surface area contributed by atoms with E-state index in [0.29, 0.717) is 5.56 Å². The first-order valence-electron chi connectivity index (χ1n) is 7.32. The molecule has 3 rings (SSSR count). The number of hydrogen-bond acceptors (Lipinski definition) is 6. The molecule has 0 unspecified atom stereocenters. The molecule has 2 aromatic rings. The Kier molecular flexibility index (Phi) is 3.71. The van der Waals surface area contributed by atoms with Gasteiger partial charge in [0.05, 0.1) is 19.3 Å². The molecule has 3 atom stereocenters. The Balaban J connectivity index is 2.34. The molecule has 1 aromatic carbocycles. The van der Waals surface area contributed by atoms with E-state index in [2.05, 4.69) is 0 Å². The first-order chi connectivity index (χ1) is 11.4. The number of rotatable bonds is 3. The van der Waals surface area contributed by atoms with Gasteiger partial charge >= 0.3 is 5.97 Å². The van der Waals surface area contributed by atoms with Crippen molar-refractivity contribution < 1.29 is 23.7 Å². The predicted molar refractivity (Wildman–Crippen MR) is 82.4 cm³/mol. The zero-order valence-corrected chi connectivity index (χ0v) is 13.1. The van der Waals surface area contributed by atoms with Gasteiger partial charge in [0.2, 0.25) is 5.78 Å². The number of furan rings is 1. The van der Waals surface area contributed by atoms with Gasteiger partial charge in [-0.15, -0.1) is 0 Å². The van der Waals surface area contributed by atoms with Gasteiger partial charge in [-0.05, 0) is 17.7 Å². The highest BCUT2D eigenvalue weighted by molar-refractivity contribution is 6.07. The van der Waals surface area contributed by atoms with Gasteiger partial charge in [-0.2, -0.15) is 0 Å². The average Bonchev–Trinajstić information content (AvgIpc) is 3.11. The summed E-state index contributed by atoms with van der Waals surface area (Å²) < 4.78 is 10.2. The van der Waals surface area contributed by atoms with Gasteiger partial charge in [0.1, 0.15) is 11.7 Å². The first-order valence-corrected chi connectivity index (χ1v) is 7.32. The lowest BCUT2D eigenvalue weighted by molar-refractivity contribution is -0.551. The Morgan fingerprint density at radius 2 is 2.00 bits per heavy atom. The molecule has 0 saturated heterocycles. The van der Waals surface area contributed by atoms with Crippen LogP contribution in [0.4, 0.5) is 0 Å². The zero-order valence-electron chi connectivity index (χ0n) is 13.1. The predicted octanol–water partition coefficient (Wildman–Crippen LogP) is 2.55. The molecule has 1 aromatic heterocycles. The molecule has 1 aliphatic carbocycles. The van der Waals surface area contributed by atoms with Crippen LogP contribution >= 0.6 is 0 Å². The molecular weight excluding hydrogens is 314 g/mol. The van der Waals surface area contributed by atoms with E-state index >= 15 is 0 Å². The highest BCUT2D eigenvalue weighted by atomic mass is 16.6. The van der Waals surface area contributed by atoms with Crippen LogP contribution in [0.5, 0.6) is 0 Å². The summed E-state index contributed by atoms with van der Waals surface area (Å²) in [5.41, 5.74) is -1.46. The Labute approximate surface area is 137 Å². The molecule has 0 saturated carbocycles. The number of hydrogen-bond donors (Lipinski definition) is 0. The number of ether oxygens (including phenoxy) is 1. The summed E-state index contributed by atoms with van der Waals surface area (Å²) in [5.74, 6) is -3.20. The van der Waals surface area contributed by atoms with E-state index in [1.165, 1.54) is 32.4 Å². The second-order valence-corrected chi connectivity index (χ2v) is 5.81. The number of nitrogens with zero attached hydrogens (tertiary/aromatic N) is 1. The van der Waals surface area contributed by atoms with Crippen LogP contribution in [0.25, 0.3) is 0 Å². The molecule has 0 aliphatic heterocycles. The number of ketones is 1. The molecule has 1 aliphatic rings. The summed E-state index contributed by atoms with van der Waals surface area (Å²) in [6, 6.07) is 9.49. The molecule has 0 N–H and O–H groups in total. The average molecular weight is 329 g/mol. The van der Waals surface area contributed by atoms with Crippen molar-refractivity contribution in [1.29, 1.82) is 0 Å². The summed E-state index contributed by atoms with van der Waals surface area (Å²) in [6.45, 7) is 1.23. The van der Waals surface area contributed by atoms with Crippen molar-refractivity contribution >= 4 is 11.8 Å². The quantitative estimate of drug-likeness (QED) is 0.487. The van der Waals surface area contributed by atoms with Crippen molar-refractivity contribution in [2.45, 2.75) is 24.3 Å². The number of fused-ring (bicyclic) bond motifs is 1. The van der Waals surface area contributed by atoms with Crippen LogP contribution < -0.4 is 0 Å². The molecular formula is C17H15NO6. The second-order valence-electron chi connectivity index (χ2n) is 5.81. The number of carbonyl (C=O) groups excluding carboxylic acids is 2. The number of nitro groups is 1. The fourth-order valence-electron chi connectivity index (χ4n) is 3.39. The second kappa shape index (κ2) is 5.59. The number of carbonyl (C=O) groups is 2. The van der Waals surface area contributed by atoms with Crippen LogP contribution in [0, 0.1) is 10.1 Å². The SMILES string of the molecule is COC(=O)[C@H]1c2ccccc2C(=O)[C@@](C)([N+](=O)[O-])[C@@H]1c1ccco1. The first kappa shape index (κ1) is 15.9. The molecule has 0 amide bonds. The Morgan fingerprint density at radius 3 is 2.58 bits per heavy atom. The summed E-state index contributed by atoms with van der Waals surface area (Å²) in [5, 5.41) is 11.8. The Morgan fingerprint density at radius 1 is 1.29 bits per heavy atom. The summed E-state index contributed by atoms with van der Waals surface area (Å²) in [6.07, 6.45) is 1.36. The van der Waals surface area contributed by atoms with Crippen LogP contribution in [-0.4, -0.2) is 29.3 Å². The minimum atomic E-state index is -2.04. The number of benzene rings is 1. The number of Topliss-reactive ketones (excluding diaryl/α,β-unsaturated/α-hetero) is 1.